The Hall–Kier alpha value is -1.95. The number of nitrogens with zero attached hydrogens (tertiary/aromatic N) is 2. The van der Waals surface area contributed by atoms with E-state index in [-0.39, 0.29) is 11.4 Å². The van der Waals surface area contributed by atoms with Crippen molar-refractivity contribution in [2.45, 2.75) is 44.2 Å². The normalized spacial score (nSPS) is 14.3. The van der Waals surface area contributed by atoms with Crippen LogP contribution in [0, 0.1) is 0 Å². The monoisotopic (exact) mass is 333 g/mol. The van der Waals surface area contributed by atoms with E-state index in [9.17, 15) is 9.00 Å². The second-order valence-electron chi connectivity index (χ2n) is 6.52. The second-order valence-corrected chi connectivity index (χ2v) is 8.28. The van der Waals surface area contributed by atoms with Gasteiger partial charge in [-0.05, 0) is 51.5 Å². The van der Waals surface area contributed by atoms with Gasteiger partial charge in [0.2, 0.25) is 5.91 Å². The van der Waals surface area contributed by atoms with Crippen LogP contribution in [0.25, 0.3) is 5.69 Å². The first-order valence-corrected chi connectivity index (χ1v) is 8.92. The highest BCUT2D eigenvalue weighted by Gasteiger charge is 2.23. The van der Waals surface area contributed by atoms with E-state index in [2.05, 4.69) is 10.4 Å². The van der Waals surface area contributed by atoms with Gasteiger partial charge in [0, 0.05) is 34.5 Å². The van der Waals surface area contributed by atoms with Gasteiger partial charge in [-0.25, -0.2) is 4.68 Å². The quantitative estimate of drug-likeness (QED) is 0.914. The average molecular weight is 333 g/mol. The predicted molar refractivity (Wildman–Crippen MR) is 92.8 cm³/mol. The minimum Gasteiger partial charge on any atom is -0.350 e. The molecule has 0 saturated carbocycles. The van der Waals surface area contributed by atoms with E-state index in [1.807, 2.05) is 57.3 Å². The SMILES string of the molecule is C[C@@H](C(=O)NC(C)(C)C)[S@](=O)Cc1ccc(-n2cccn2)cc1. The van der Waals surface area contributed by atoms with Gasteiger partial charge in [-0.1, -0.05) is 12.1 Å². The lowest BCUT2D eigenvalue weighted by Gasteiger charge is -2.23. The van der Waals surface area contributed by atoms with Gasteiger partial charge in [-0.3, -0.25) is 9.00 Å². The molecule has 2 rings (SSSR count). The third-order valence-corrected chi connectivity index (χ3v) is 4.90. The van der Waals surface area contributed by atoms with Crippen LogP contribution in [0.2, 0.25) is 0 Å². The van der Waals surface area contributed by atoms with Crippen LogP contribution < -0.4 is 5.32 Å². The molecular weight excluding hydrogens is 310 g/mol. The smallest absolute Gasteiger partial charge is 0.235 e. The van der Waals surface area contributed by atoms with Gasteiger partial charge in [0.15, 0.2) is 0 Å². The fraction of sp³-hybridized carbons (Fsp3) is 0.412. The van der Waals surface area contributed by atoms with E-state index in [0.29, 0.717) is 5.75 Å². The van der Waals surface area contributed by atoms with Crippen molar-refractivity contribution in [3.63, 3.8) is 0 Å². The van der Waals surface area contributed by atoms with E-state index in [0.717, 1.165) is 11.3 Å². The summed E-state index contributed by atoms with van der Waals surface area (Å²) < 4.78 is 14.2. The van der Waals surface area contributed by atoms with Crippen LogP contribution in [0.5, 0.6) is 0 Å². The highest BCUT2D eigenvalue weighted by atomic mass is 32.2. The summed E-state index contributed by atoms with van der Waals surface area (Å²) in [4.78, 5) is 12.1. The molecule has 0 aliphatic heterocycles. The Morgan fingerprint density at radius 3 is 2.48 bits per heavy atom. The Kier molecular flexibility index (Phi) is 5.36. The zero-order chi connectivity index (χ0) is 17.0. The van der Waals surface area contributed by atoms with E-state index < -0.39 is 16.0 Å². The van der Waals surface area contributed by atoms with Gasteiger partial charge in [0.1, 0.15) is 5.25 Å². The molecular formula is C17H23N3O2S. The summed E-state index contributed by atoms with van der Waals surface area (Å²) in [7, 11) is -1.26. The van der Waals surface area contributed by atoms with Crippen LogP contribution in [0.15, 0.2) is 42.7 Å². The van der Waals surface area contributed by atoms with Crippen LogP contribution in [0.4, 0.5) is 0 Å². The molecule has 1 aromatic heterocycles. The molecule has 0 fully saturated rings. The van der Waals surface area contributed by atoms with Gasteiger partial charge in [-0.2, -0.15) is 5.10 Å². The molecule has 0 aliphatic carbocycles. The molecule has 0 aliphatic rings. The van der Waals surface area contributed by atoms with Crippen molar-refractivity contribution < 1.29 is 9.00 Å². The first-order valence-electron chi connectivity index (χ1n) is 7.54. The van der Waals surface area contributed by atoms with Crippen molar-refractivity contribution in [2.75, 3.05) is 0 Å². The first-order chi connectivity index (χ1) is 10.8. The number of hydrogen-bond acceptors (Lipinski definition) is 3. The lowest BCUT2D eigenvalue weighted by atomic mass is 10.1. The molecule has 23 heavy (non-hydrogen) atoms. The number of aromatic nitrogens is 2. The third kappa shape index (κ3) is 5.03. The molecule has 0 saturated heterocycles. The predicted octanol–water partition coefficient (Wildman–Crippen LogP) is 2.42. The van der Waals surface area contributed by atoms with Crippen LogP contribution in [0.3, 0.4) is 0 Å². The van der Waals surface area contributed by atoms with E-state index in [4.69, 9.17) is 0 Å². The van der Waals surface area contributed by atoms with Crippen molar-refractivity contribution in [3.8, 4) is 5.69 Å². The molecule has 0 radical (unpaired) electrons. The summed E-state index contributed by atoms with van der Waals surface area (Å²) in [5.74, 6) is 0.182. The summed E-state index contributed by atoms with van der Waals surface area (Å²) in [6, 6.07) is 9.56. The number of hydrogen-bond donors (Lipinski definition) is 1. The number of carbonyl (C=O) groups is 1. The van der Waals surface area contributed by atoms with Crippen molar-refractivity contribution in [3.05, 3.63) is 48.3 Å². The molecule has 1 aromatic carbocycles. The third-order valence-electron chi connectivity index (χ3n) is 3.28. The molecule has 0 bridgehead atoms. The average Bonchev–Trinajstić information content (AvgIpc) is 2.99. The van der Waals surface area contributed by atoms with Crippen LogP contribution in [-0.2, 0) is 21.3 Å². The zero-order valence-corrected chi connectivity index (χ0v) is 14.8. The van der Waals surface area contributed by atoms with Gasteiger partial charge in [-0.15, -0.1) is 0 Å². The van der Waals surface area contributed by atoms with Gasteiger partial charge >= 0.3 is 0 Å². The fourth-order valence-electron chi connectivity index (χ4n) is 2.05. The molecule has 6 heteroatoms. The Bertz CT molecular complexity index is 673. The van der Waals surface area contributed by atoms with Gasteiger partial charge < -0.3 is 5.32 Å². The van der Waals surface area contributed by atoms with Crippen molar-refractivity contribution in [2.24, 2.45) is 0 Å². The van der Waals surface area contributed by atoms with Crippen molar-refractivity contribution in [1.82, 2.24) is 15.1 Å². The maximum Gasteiger partial charge on any atom is 0.235 e. The molecule has 1 N–H and O–H groups in total. The molecule has 124 valence electrons. The van der Waals surface area contributed by atoms with Gasteiger partial charge in [0.25, 0.3) is 0 Å². The largest absolute Gasteiger partial charge is 0.350 e. The molecule has 0 spiro atoms. The Labute approximate surface area is 139 Å². The lowest BCUT2D eigenvalue weighted by Crippen LogP contribution is -2.46. The molecule has 5 nitrogen and oxygen atoms in total. The lowest BCUT2D eigenvalue weighted by molar-refractivity contribution is -0.121. The number of carbonyl (C=O) groups excluding carboxylic acids is 1. The number of nitrogens with one attached hydrogen (secondary N) is 1. The topological polar surface area (TPSA) is 64.0 Å². The maximum absolute atomic E-state index is 12.4. The molecule has 2 aromatic rings. The molecule has 0 unspecified atom stereocenters. The minimum atomic E-state index is -1.26. The standard InChI is InChI=1S/C17H23N3O2S/c1-13(16(21)19-17(2,3)4)23(22)12-14-6-8-15(9-7-14)20-11-5-10-18-20/h5-11,13H,12H2,1-4H3,(H,19,21)/t13-,23+/m0/s1. The summed E-state index contributed by atoms with van der Waals surface area (Å²) in [5.41, 5.74) is 1.57. The fourth-order valence-corrected chi connectivity index (χ4v) is 3.12. The van der Waals surface area contributed by atoms with Gasteiger partial charge in [0.05, 0.1) is 5.69 Å². The number of benzene rings is 1. The molecule has 2 atom stereocenters. The number of rotatable bonds is 5. The molecule has 1 heterocycles. The Morgan fingerprint density at radius 2 is 1.96 bits per heavy atom. The van der Waals surface area contributed by atoms with Crippen LogP contribution in [-0.4, -0.2) is 30.7 Å². The van der Waals surface area contributed by atoms with E-state index >= 15 is 0 Å². The van der Waals surface area contributed by atoms with Crippen molar-refractivity contribution >= 4 is 16.7 Å². The van der Waals surface area contributed by atoms with E-state index in [1.165, 1.54) is 0 Å². The summed E-state index contributed by atoms with van der Waals surface area (Å²) >= 11 is 0. The zero-order valence-electron chi connectivity index (χ0n) is 13.9. The summed E-state index contributed by atoms with van der Waals surface area (Å²) in [5, 5.41) is 6.49. The van der Waals surface area contributed by atoms with E-state index in [1.54, 1.807) is 17.8 Å². The Morgan fingerprint density at radius 1 is 1.30 bits per heavy atom. The van der Waals surface area contributed by atoms with Crippen LogP contribution in [0.1, 0.15) is 33.3 Å². The first kappa shape index (κ1) is 17.4. The number of amides is 1. The maximum atomic E-state index is 12.4. The highest BCUT2D eigenvalue weighted by molar-refractivity contribution is 7.85. The summed E-state index contributed by atoms with van der Waals surface area (Å²) in [6.45, 7) is 7.44. The van der Waals surface area contributed by atoms with Crippen molar-refractivity contribution in [1.29, 1.82) is 0 Å². The summed E-state index contributed by atoms with van der Waals surface area (Å²) in [6.07, 6.45) is 3.59. The second kappa shape index (κ2) is 7.08. The Balaban J connectivity index is 1.98. The minimum absolute atomic E-state index is 0.177. The molecule has 1 amide bonds. The van der Waals surface area contributed by atoms with Crippen LogP contribution >= 0.6 is 0 Å². The highest BCUT2D eigenvalue weighted by Crippen LogP contribution is 2.13.